The Morgan fingerprint density at radius 2 is 1.07 bits per heavy atom. The third kappa shape index (κ3) is 5.82. The highest BCUT2D eigenvalue weighted by Gasteiger charge is 2.22. The van der Waals surface area contributed by atoms with E-state index in [-0.39, 0.29) is 12.1 Å². The van der Waals surface area contributed by atoms with E-state index in [1.54, 1.807) is 46.2 Å². The Bertz CT molecular complexity index is 852. The monoisotopic (exact) mass is 474 g/mol. The second kappa shape index (κ2) is 9.76. The van der Waals surface area contributed by atoms with Crippen molar-refractivity contribution in [2.75, 3.05) is 36.8 Å². The van der Waals surface area contributed by atoms with E-state index in [1.165, 1.54) is 0 Å². The number of carbonyl (C=O) groups excluding carboxylic acids is 2. The first-order chi connectivity index (χ1) is 13.8. The molecule has 6 nitrogen and oxygen atoms in total. The van der Waals surface area contributed by atoms with Crippen LogP contribution in [-0.2, 0) is 0 Å². The first-order valence-corrected chi connectivity index (χ1v) is 10.4. The van der Waals surface area contributed by atoms with Gasteiger partial charge in [-0.1, -0.05) is 46.4 Å². The first-order valence-electron chi connectivity index (χ1n) is 8.85. The summed E-state index contributed by atoms with van der Waals surface area (Å²) in [7, 11) is 0. The van der Waals surface area contributed by atoms with Gasteiger partial charge in [-0.2, -0.15) is 0 Å². The predicted octanol–water partition coefficient (Wildman–Crippen LogP) is 6.07. The molecule has 4 amide bonds. The van der Waals surface area contributed by atoms with Gasteiger partial charge >= 0.3 is 12.1 Å². The lowest BCUT2D eigenvalue weighted by Gasteiger charge is -2.23. The molecule has 3 rings (SSSR count). The van der Waals surface area contributed by atoms with Crippen molar-refractivity contribution in [2.45, 2.75) is 6.42 Å². The SMILES string of the molecule is O=C(Nc1ccc(Cl)c(Cl)c1)N1CCCN(C(=O)Nc2ccc(Cl)c(Cl)c2)CC1. The summed E-state index contributed by atoms with van der Waals surface area (Å²) in [6.07, 6.45) is 0.656. The van der Waals surface area contributed by atoms with Crippen LogP contribution in [0, 0.1) is 0 Å². The molecule has 2 aromatic rings. The molecule has 2 aromatic carbocycles. The summed E-state index contributed by atoms with van der Waals surface area (Å²) in [4.78, 5) is 28.4. The lowest BCUT2D eigenvalue weighted by molar-refractivity contribution is 0.205. The van der Waals surface area contributed by atoms with Crippen molar-refractivity contribution in [2.24, 2.45) is 0 Å². The topological polar surface area (TPSA) is 64.7 Å². The third-order valence-electron chi connectivity index (χ3n) is 4.41. The minimum absolute atomic E-state index is 0.255. The number of benzene rings is 2. The zero-order valence-corrected chi connectivity index (χ0v) is 18.2. The van der Waals surface area contributed by atoms with Crippen molar-refractivity contribution < 1.29 is 9.59 Å². The summed E-state index contributed by atoms with van der Waals surface area (Å²) in [6.45, 7) is 1.87. The van der Waals surface area contributed by atoms with Crippen LogP contribution in [0.4, 0.5) is 21.0 Å². The van der Waals surface area contributed by atoms with Crippen LogP contribution >= 0.6 is 46.4 Å². The van der Waals surface area contributed by atoms with Crippen molar-refractivity contribution in [3.8, 4) is 0 Å². The normalized spacial score (nSPS) is 14.3. The summed E-state index contributed by atoms with van der Waals surface area (Å²) >= 11 is 23.8. The molecule has 29 heavy (non-hydrogen) atoms. The maximum Gasteiger partial charge on any atom is 0.321 e. The van der Waals surface area contributed by atoms with Crippen LogP contribution in [-0.4, -0.2) is 48.0 Å². The quantitative estimate of drug-likeness (QED) is 0.553. The molecule has 1 aliphatic heterocycles. The zero-order chi connectivity index (χ0) is 21.0. The van der Waals surface area contributed by atoms with Gasteiger partial charge in [0.15, 0.2) is 0 Å². The summed E-state index contributed by atoms with van der Waals surface area (Å²) in [6, 6.07) is 9.29. The van der Waals surface area contributed by atoms with E-state index in [9.17, 15) is 9.59 Å². The molecule has 0 aromatic heterocycles. The van der Waals surface area contributed by atoms with E-state index in [1.807, 2.05) is 0 Å². The van der Waals surface area contributed by atoms with Gasteiger partial charge in [0.25, 0.3) is 0 Å². The van der Waals surface area contributed by atoms with Gasteiger partial charge in [0.2, 0.25) is 0 Å². The van der Waals surface area contributed by atoms with E-state index < -0.39 is 0 Å². The van der Waals surface area contributed by atoms with Gasteiger partial charge in [-0.05, 0) is 42.8 Å². The number of nitrogens with one attached hydrogen (secondary N) is 2. The highest BCUT2D eigenvalue weighted by molar-refractivity contribution is 6.42. The van der Waals surface area contributed by atoms with Crippen molar-refractivity contribution >= 4 is 69.8 Å². The average Bonchev–Trinajstić information content (AvgIpc) is 2.94. The lowest BCUT2D eigenvalue weighted by atomic mass is 10.3. The molecule has 1 aliphatic rings. The fraction of sp³-hybridized carbons (Fsp3) is 0.263. The highest BCUT2D eigenvalue weighted by Crippen LogP contribution is 2.26. The Balaban J connectivity index is 1.56. The molecule has 0 atom stereocenters. The van der Waals surface area contributed by atoms with Gasteiger partial charge in [-0.3, -0.25) is 0 Å². The number of urea groups is 2. The standard InChI is InChI=1S/C19H18Cl4N4O2/c20-14-4-2-12(10-16(14)22)24-18(28)26-6-1-7-27(9-8-26)19(29)25-13-3-5-15(21)17(23)11-13/h2-5,10-11H,1,6-9H2,(H,24,28)(H,25,29). The summed E-state index contributed by atoms with van der Waals surface area (Å²) in [5.41, 5.74) is 1.12. The number of anilines is 2. The molecular formula is C19H18Cl4N4O2. The first kappa shape index (κ1) is 21.8. The Labute approximate surface area is 188 Å². The summed E-state index contributed by atoms with van der Waals surface area (Å²) in [5, 5.41) is 7.17. The number of hydrogen-bond acceptors (Lipinski definition) is 2. The smallest absolute Gasteiger partial charge is 0.321 e. The van der Waals surface area contributed by atoms with Crippen molar-refractivity contribution in [3.63, 3.8) is 0 Å². The Kier molecular flexibility index (Phi) is 7.35. The molecular weight excluding hydrogens is 458 g/mol. The van der Waals surface area contributed by atoms with Crippen LogP contribution in [0.3, 0.4) is 0 Å². The maximum absolute atomic E-state index is 12.5. The van der Waals surface area contributed by atoms with E-state index in [0.717, 1.165) is 0 Å². The van der Waals surface area contributed by atoms with Crippen LogP contribution in [0.2, 0.25) is 20.1 Å². The Morgan fingerprint density at radius 3 is 1.45 bits per heavy atom. The molecule has 1 fully saturated rings. The van der Waals surface area contributed by atoms with Gasteiger partial charge < -0.3 is 20.4 Å². The van der Waals surface area contributed by atoms with Gasteiger partial charge in [0.1, 0.15) is 0 Å². The van der Waals surface area contributed by atoms with Crippen molar-refractivity contribution in [3.05, 3.63) is 56.5 Å². The van der Waals surface area contributed by atoms with E-state index >= 15 is 0 Å². The number of carbonyl (C=O) groups is 2. The molecule has 1 saturated heterocycles. The van der Waals surface area contributed by atoms with Crippen LogP contribution < -0.4 is 10.6 Å². The van der Waals surface area contributed by atoms with Gasteiger partial charge in [-0.15, -0.1) is 0 Å². The number of halogens is 4. The van der Waals surface area contributed by atoms with Gasteiger partial charge in [-0.25, -0.2) is 9.59 Å². The van der Waals surface area contributed by atoms with E-state index in [2.05, 4.69) is 10.6 Å². The van der Waals surface area contributed by atoms with Crippen LogP contribution in [0.1, 0.15) is 6.42 Å². The average molecular weight is 476 g/mol. The molecule has 154 valence electrons. The summed E-state index contributed by atoms with van der Waals surface area (Å²) < 4.78 is 0. The van der Waals surface area contributed by atoms with Crippen LogP contribution in [0.25, 0.3) is 0 Å². The maximum atomic E-state index is 12.5. The molecule has 0 aliphatic carbocycles. The Hall–Kier alpha value is -1.86. The minimum atomic E-state index is -0.255. The van der Waals surface area contributed by atoms with Crippen LogP contribution in [0.5, 0.6) is 0 Å². The largest absolute Gasteiger partial charge is 0.323 e. The number of amides is 4. The van der Waals surface area contributed by atoms with Gasteiger partial charge in [0.05, 0.1) is 20.1 Å². The fourth-order valence-corrected chi connectivity index (χ4v) is 3.47. The van der Waals surface area contributed by atoms with E-state index in [4.69, 9.17) is 46.4 Å². The second-order valence-corrected chi connectivity index (χ2v) is 8.07. The molecule has 0 unspecified atom stereocenters. The molecule has 2 N–H and O–H groups in total. The second-order valence-electron chi connectivity index (χ2n) is 6.45. The van der Waals surface area contributed by atoms with Gasteiger partial charge in [0, 0.05) is 37.6 Å². The fourth-order valence-electron chi connectivity index (χ4n) is 2.88. The number of rotatable bonds is 2. The molecule has 1 heterocycles. The molecule has 0 spiro atoms. The molecule has 0 bridgehead atoms. The molecule has 10 heteroatoms. The van der Waals surface area contributed by atoms with Crippen LogP contribution in [0.15, 0.2) is 36.4 Å². The van der Waals surface area contributed by atoms with Crippen molar-refractivity contribution in [1.82, 2.24) is 9.80 Å². The highest BCUT2D eigenvalue weighted by atomic mass is 35.5. The molecule has 0 radical (unpaired) electrons. The Morgan fingerprint density at radius 1 is 0.655 bits per heavy atom. The lowest BCUT2D eigenvalue weighted by Crippen LogP contribution is -2.40. The number of nitrogens with zero attached hydrogens (tertiary/aromatic N) is 2. The third-order valence-corrected chi connectivity index (χ3v) is 5.89. The van der Waals surface area contributed by atoms with E-state index in [0.29, 0.717) is 64.1 Å². The zero-order valence-electron chi connectivity index (χ0n) is 15.2. The number of hydrogen-bond donors (Lipinski definition) is 2. The minimum Gasteiger partial charge on any atom is -0.323 e. The summed E-state index contributed by atoms with van der Waals surface area (Å²) in [5.74, 6) is 0. The van der Waals surface area contributed by atoms with Crippen molar-refractivity contribution in [1.29, 1.82) is 0 Å². The molecule has 0 saturated carbocycles. The predicted molar refractivity (Wildman–Crippen MR) is 119 cm³/mol.